The molecule has 0 saturated carbocycles. The summed E-state index contributed by atoms with van der Waals surface area (Å²) < 4.78 is 85.7. The van der Waals surface area contributed by atoms with Crippen molar-refractivity contribution in [2.24, 2.45) is 0 Å². The summed E-state index contributed by atoms with van der Waals surface area (Å²) in [5, 5.41) is 1.76. The van der Waals surface area contributed by atoms with E-state index in [-0.39, 0.29) is 21.4 Å². The molecule has 34 heavy (non-hydrogen) atoms. The number of aromatic nitrogens is 2. The Balaban J connectivity index is 2.13. The SMILES string of the molecule is COc1c(Cl)cc(F)c(Cn2c(=O)cc(C(F)(F)F)[nH]c2=O)c1NC(=O)c1ccc(F)cc1F. The van der Waals surface area contributed by atoms with E-state index in [0.29, 0.717) is 12.1 Å². The molecule has 0 bridgehead atoms. The molecule has 0 radical (unpaired) electrons. The Bertz CT molecular complexity index is 1370. The number of methoxy groups -OCH3 is 1. The Kier molecular flexibility index (Phi) is 6.77. The first-order valence-corrected chi connectivity index (χ1v) is 9.44. The summed E-state index contributed by atoms with van der Waals surface area (Å²) in [6.45, 7) is -0.965. The second kappa shape index (κ2) is 9.25. The van der Waals surface area contributed by atoms with Crippen LogP contribution in [0.4, 0.5) is 32.0 Å². The third-order valence-corrected chi connectivity index (χ3v) is 4.83. The second-order valence-corrected chi connectivity index (χ2v) is 7.12. The molecule has 1 aromatic heterocycles. The number of anilines is 1. The molecule has 14 heteroatoms. The first kappa shape index (κ1) is 24.9. The van der Waals surface area contributed by atoms with Gasteiger partial charge >= 0.3 is 11.9 Å². The van der Waals surface area contributed by atoms with E-state index in [1.165, 1.54) is 4.98 Å². The number of hydrogen-bond donors (Lipinski definition) is 2. The molecule has 3 aromatic rings. The monoisotopic (exact) mass is 507 g/mol. The summed E-state index contributed by atoms with van der Waals surface area (Å²) in [7, 11) is 1.08. The van der Waals surface area contributed by atoms with E-state index in [9.17, 15) is 40.7 Å². The first-order chi connectivity index (χ1) is 15.8. The van der Waals surface area contributed by atoms with Gasteiger partial charge in [-0.1, -0.05) is 11.6 Å². The average molecular weight is 508 g/mol. The van der Waals surface area contributed by atoms with Crippen LogP contribution >= 0.6 is 11.6 Å². The largest absolute Gasteiger partial charge is 0.493 e. The molecule has 0 spiro atoms. The lowest BCUT2D eigenvalue weighted by Gasteiger charge is -2.18. The second-order valence-electron chi connectivity index (χ2n) is 6.72. The van der Waals surface area contributed by atoms with E-state index < -0.39 is 69.8 Å². The van der Waals surface area contributed by atoms with E-state index >= 15 is 0 Å². The van der Waals surface area contributed by atoms with Gasteiger partial charge in [0, 0.05) is 17.7 Å². The topological polar surface area (TPSA) is 93.2 Å². The van der Waals surface area contributed by atoms with Crippen LogP contribution in [0.3, 0.4) is 0 Å². The van der Waals surface area contributed by atoms with Crippen molar-refractivity contribution in [1.29, 1.82) is 0 Å². The summed E-state index contributed by atoms with van der Waals surface area (Å²) in [5.74, 6) is -4.96. The molecule has 0 saturated heterocycles. The third kappa shape index (κ3) is 4.93. The third-order valence-electron chi connectivity index (χ3n) is 4.55. The highest BCUT2D eigenvalue weighted by molar-refractivity contribution is 6.32. The van der Waals surface area contributed by atoms with Gasteiger partial charge in [0.1, 0.15) is 23.1 Å². The number of nitrogens with one attached hydrogen (secondary N) is 2. The zero-order valence-corrected chi connectivity index (χ0v) is 17.6. The highest BCUT2D eigenvalue weighted by Gasteiger charge is 2.33. The number of rotatable bonds is 5. The molecule has 0 aliphatic rings. The molecule has 2 aromatic carbocycles. The minimum absolute atomic E-state index is 0.0958. The van der Waals surface area contributed by atoms with Crippen molar-refractivity contribution in [3.05, 3.63) is 90.5 Å². The van der Waals surface area contributed by atoms with E-state index in [2.05, 4.69) is 5.32 Å². The molecule has 3 rings (SSSR count). The Hall–Kier alpha value is -3.74. The highest BCUT2D eigenvalue weighted by atomic mass is 35.5. The Morgan fingerprint density at radius 1 is 1.12 bits per heavy atom. The number of benzene rings is 2. The van der Waals surface area contributed by atoms with Gasteiger partial charge in [-0.2, -0.15) is 13.2 Å². The van der Waals surface area contributed by atoms with Gasteiger partial charge in [0.05, 0.1) is 29.9 Å². The molecule has 180 valence electrons. The lowest BCUT2D eigenvalue weighted by molar-refractivity contribution is -0.141. The van der Waals surface area contributed by atoms with Gasteiger partial charge in [0.15, 0.2) is 5.75 Å². The highest BCUT2D eigenvalue weighted by Crippen LogP contribution is 2.38. The summed E-state index contributed by atoms with van der Waals surface area (Å²) in [5.41, 5.74) is -6.34. The van der Waals surface area contributed by atoms with Crippen LogP contribution in [0.25, 0.3) is 0 Å². The van der Waals surface area contributed by atoms with Gasteiger partial charge in [-0.15, -0.1) is 0 Å². The smallest absolute Gasteiger partial charge is 0.431 e. The van der Waals surface area contributed by atoms with Gasteiger partial charge in [-0.3, -0.25) is 14.2 Å². The van der Waals surface area contributed by atoms with Crippen LogP contribution in [-0.4, -0.2) is 22.6 Å². The number of nitrogens with zero attached hydrogens (tertiary/aromatic N) is 1. The van der Waals surface area contributed by atoms with E-state index in [1.807, 2.05) is 0 Å². The number of amides is 1. The molecule has 0 aliphatic carbocycles. The van der Waals surface area contributed by atoms with E-state index in [4.69, 9.17) is 16.3 Å². The summed E-state index contributed by atoms with van der Waals surface area (Å²) in [4.78, 5) is 38.3. The number of alkyl halides is 3. The molecule has 0 unspecified atom stereocenters. The van der Waals surface area contributed by atoms with Crippen molar-refractivity contribution in [2.75, 3.05) is 12.4 Å². The molecular formula is C20H12ClF6N3O4. The summed E-state index contributed by atoms with van der Waals surface area (Å²) >= 11 is 5.92. The van der Waals surface area contributed by atoms with Crippen molar-refractivity contribution in [3.63, 3.8) is 0 Å². The van der Waals surface area contributed by atoms with Crippen molar-refractivity contribution >= 4 is 23.2 Å². The fourth-order valence-electron chi connectivity index (χ4n) is 2.96. The summed E-state index contributed by atoms with van der Waals surface area (Å²) in [6.07, 6.45) is -5.02. The van der Waals surface area contributed by atoms with Crippen LogP contribution in [-0.2, 0) is 12.7 Å². The minimum atomic E-state index is -5.02. The number of aromatic amines is 1. The van der Waals surface area contributed by atoms with Crippen LogP contribution in [0.15, 0.2) is 39.9 Å². The van der Waals surface area contributed by atoms with Crippen molar-refractivity contribution in [1.82, 2.24) is 9.55 Å². The quantitative estimate of drug-likeness (QED) is 0.512. The number of halogens is 7. The minimum Gasteiger partial charge on any atom is -0.493 e. The van der Waals surface area contributed by atoms with Crippen molar-refractivity contribution < 1.29 is 35.9 Å². The molecule has 1 heterocycles. The fraction of sp³-hybridized carbons (Fsp3) is 0.150. The number of carbonyl (C=O) groups is 1. The molecule has 0 atom stereocenters. The van der Waals surface area contributed by atoms with Crippen LogP contribution in [0, 0.1) is 17.5 Å². The van der Waals surface area contributed by atoms with Crippen LogP contribution in [0.5, 0.6) is 5.75 Å². The predicted octanol–water partition coefficient (Wildman–Crippen LogP) is 3.94. The molecule has 0 fully saturated rings. The lowest BCUT2D eigenvalue weighted by Crippen LogP contribution is -2.37. The van der Waals surface area contributed by atoms with Crippen LogP contribution in [0.2, 0.25) is 5.02 Å². The predicted molar refractivity (Wildman–Crippen MR) is 108 cm³/mol. The Labute approximate surface area is 190 Å². The zero-order chi connectivity index (χ0) is 25.4. The Morgan fingerprint density at radius 3 is 2.35 bits per heavy atom. The number of carbonyl (C=O) groups excluding carboxylic acids is 1. The van der Waals surface area contributed by atoms with Gasteiger partial charge in [-0.25, -0.2) is 18.0 Å². The normalized spacial score (nSPS) is 11.4. The van der Waals surface area contributed by atoms with Crippen LogP contribution < -0.4 is 21.3 Å². The van der Waals surface area contributed by atoms with Gasteiger partial charge in [-0.05, 0) is 18.2 Å². The van der Waals surface area contributed by atoms with Gasteiger partial charge in [0.25, 0.3) is 11.5 Å². The maximum absolute atomic E-state index is 14.8. The zero-order valence-electron chi connectivity index (χ0n) is 16.8. The first-order valence-electron chi connectivity index (χ1n) is 9.06. The maximum Gasteiger partial charge on any atom is 0.431 e. The standard InChI is InChI=1S/C20H12ClF6N3O4/c1-34-17-11(21)5-13(24)10(7-30-15(31)6-14(20(25,26)27)28-19(30)33)16(17)29-18(32)9-3-2-8(22)4-12(9)23/h2-6H,7H2,1H3,(H,28,33)(H,29,32). The molecule has 1 amide bonds. The Morgan fingerprint density at radius 2 is 1.79 bits per heavy atom. The summed E-state index contributed by atoms with van der Waals surface area (Å²) in [6, 6.07) is 2.83. The molecular weight excluding hydrogens is 496 g/mol. The number of hydrogen-bond acceptors (Lipinski definition) is 4. The van der Waals surface area contributed by atoms with Crippen molar-refractivity contribution in [2.45, 2.75) is 12.7 Å². The van der Waals surface area contributed by atoms with Gasteiger partial charge in [0.2, 0.25) is 0 Å². The lowest BCUT2D eigenvalue weighted by atomic mass is 10.1. The number of ether oxygens (including phenoxy) is 1. The molecule has 2 N–H and O–H groups in total. The van der Waals surface area contributed by atoms with E-state index in [1.54, 1.807) is 0 Å². The molecule has 0 aliphatic heterocycles. The molecule has 7 nitrogen and oxygen atoms in total. The maximum atomic E-state index is 14.8. The average Bonchev–Trinajstić information content (AvgIpc) is 2.71. The van der Waals surface area contributed by atoms with E-state index in [0.717, 1.165) is 19.2 Å². The van der Waals surface area contributed by atoms with Crippen LogP contribution in [0.1, 0.15) is 21.6 Å². The van der Waals surface area contributed by atoms with Gasteiger partial charge < -0.3 is 15.0 Å². The van der Waals surface area contributed by atoms with Crippen molar-refractivity contribution in [3.8, 4) is 5.75 Å². The number of H-pyrrole nitrogens is 1. The fourth-order valence-corrected chi connectivity index (χ4v) is 3.23.